The van der Waals surface area contributed by atoms with Crippen LogP contribution in [0, 0.1) is 46.3 Å². The number of hydrogen-bond acceptors (Lipinski definition) is 7. The molecule has 6 aliphatic rings. The highest BCUT2D eigenvalue weighted by Crippen LogP contribution is 2.70. The minimum absolute atomic E-state index is 0.105. The molecule has 6 fully saturated rings. The van der Waals surface area contributed by atoms with E-state index in [-0.39, 0.29) is 35.2 Å². The van der Waals surface area contributed by atoms with E-state index in [4.69, 9.17) is 24.3 Å². The molecular weight excluding hydrogens is 512 g/mol. The predicted octanol–water partition coefficient (Wildman–Crippen LogP) is 6.95. The Kier molecular flexibility index (Phi) is 7.58. The van der Waals surface area contributed by atoms with Crippen molar-refractivity contribution in [3.8, 4) is 0 Å². The monoisotopic (exact) mass is 562 g/mol. The van der Waals surface area contributed by atoms with Gasteiger partial charge in [0.1, 0.15) is 6.10 Å². The van der Waals surface area contributed by atoms with E-state index in [0.29, 0.717) is 36.0 Å². The minimum atomic E-state index is -0.837. The van der Waals surface area contributed by atoms with Gasteiger partial charge in [0.15, 0.2) is 0 Å². The van der Waals surface area contributed by atoms with Gasteiger partial charge in [-0.2, -0.15) is 19.6 Å². The first kappa shape index (κ1) is 28.9. The largest absolute Gasteiger partial charge is 0.481 e. The average molecular weight is 563 g/mol. The van der Waals surface area contributed by atoms with E-state index in [9.17, 15) is 14.7 Å². The Morgan fingerprint density at radius 2 is 1.60 bits per heavy atom. The maximum atomic E-state index is 12.4. The highest BCUT2D eigenvalue weighted by molar-refractivity contribution is 5.66. The van der Waals surface area contributed by atoms with Crippen molar-refractivity contribution in [3.63, 3.8) is 0 Å². The standard InChI is InChI=1S/C32H50O8/c1-20(8-13-28(34)35)24-11-12-25-23-10-9-22-19-32(39-37-31(38-40-32)14-6-5-7-15-31)17-16-29(22,3)26(23)18-27(30(24,25)4)36-21(2)33/h20,22-27H,5-19H2,1-4H3,(H,34,35)/t20-,22-,23+,24-,25+,26+,27+,29+,30-/m1/s1. The van der Waals surface area contributed by atoms with Gasteiger partial charge in [-0.25, -0.2) is 0 Å². The van der Waals surface area contributed by atoms with Crippen molar-refractivity contribution in [3.05, 3.63) is 0 Å². The Bertz CT molecular complexity index is 966. The number of carboxylic acid groups (broad SMARTS) is 1. The van der Waals surface area contributed by atoms with Crippen molar-refractivity contribution < 1.29 is 39.0 Å². The molecule has 0 radical (unpaired) electrons. The normalized spacial score (nSPS) is 44.3. The molecule has 2 spiro atoms. The number of carbonyl (C=O) groups is 2. The van der Waals surface area contributed by atoms with Gasteiger partial charge in [-0.15, -0.1) is 0 Å². The lowest BCUT2D eigenvalue weighted by atomic mass is 9.43. The number of fused-ring (bicyclic) bond motifs is 5. The van der Waals surface area contributed by atoms with Crippen LogP contribution in [0.1, 0.15) is 124 Å². The quantitative estimate of drug-likeness (QED) is 0.284. The van der Waals surface area contributed by atoms with E-state index in [1.54, 1.807) is 0 Å². The first-order chi connectivity index (χ1) is 19.0. The van der Waals surface area contributed by atoms with E-state index in [1.807, 2.05) is 0 Å². The second-order valence-corrected chi connectivity index (χ2v) is 14.9. The van der Waals surface area contributed by atoms with Crippen molar-refractivity contribution in [2.45, 2.75) is 142 Å². The van der Waals surface area contributed by atoms with Crippen LogP contribution in [0.3, 0.4) is 0 Å². The summed E-state index contributed by atoms with van der Waals surface area (Å²) in [6, 6.07) is 0. The number of esters is 1. The lowest BCUT2D eigenvalue weighted by Crippen LogP contribution is -2.62. The fourth-order valence-corrected chi connectivity index (χ4v) is 10.8. The number of aliphatic carboxylic acids is 1. The molecule has 8 heteroatoms. The van der Waals surface area contributed by atoms with Crippen molar-refractivity contribution >= 4 is 11.9 Å². The van der Waals surface area contributed by atoms with Crippen LogP contribution in [-0.2, 0) is 33.9 Å². The molecule has 1 aliphatic heterocycles. The van der Waals surface area contributed by atoms with Crippen LogP contribution in [0.5, 0.6) is 0 Å². The van der Waals surface area contributed by atoms with E-state index in [0.717, 1.165) is 77.0 Å². The molecule has 226 valence electrons. The van der Waals surface area contributed by atoms with Gasteiger partial charge in [0.25, 0.3) is 0 Å². The molecule has 1 saturated heterocycles. The molecule has 0 unspecified atom stereocenters. The third-order valence-electron chi connectivity index (χ3n) is 12.9. The molecular formula is C32H50O8. The molecule has 0 amide bonds. The van der Waals surface area contributed by atoms with Crippen molar-refractivity contribution in [2.75, 3.05) is 0 Å². The van der Waals surface area contributed by atoms with E-state index < -0.39 is 17.5 Å². The van der Waals surface area contributed by atoms with Gasteiger partial charge in [-0.3, -0.25) is 9.59 Å². The third kappa shape index (κ3) is 4.73. The van der Waals surface area contributed by atoms with Gasteiger partial charge >= 0.3 is 11.9 Å². The van der Waals surface area contributed by atoms with Crippen LogP contribution in [0.2, 0.25) is 0 Å². The lowest BCUT2D eigenvalue weighted by Gasteiger charge is -2.63. The summed E-state index contributed by atoms with van der Waals surface area (Å²) in [6.07, 6.45) is 13.5. The van der Waals surface area contributed by atoms with E-state index >= 15 is 0 Å². The molecule has 6 rings (SSSR count). The summed E-state index contributed by atoms with van der Waals surface area (Å²) in [5.74, 6) is 0.105. The second kappa shape index (κ2) is 10.5. The Hall–Kier alpha value is -1.22. The molecule has 40 heavy (non-hydrogen) atoms. The molecule has 5 saturated carbocycles. The van der Waals surface area contributed by atoms with Crippen LogP contribution in [0.4, 0.5) is 0 Å². The number of hydrogen-bond donors (Lipinski definition) is 1. The van der Waals surface area contributed by atoms with Crippen LogP contribution < -0.4 is 0 Å². The summed E-state index contributed by atoms with van der Waals surface area (Å²) in [5.41, 5.74) is -0.0109. The maximum Gasteiger partial charge on any atom is 0.303 e. The van der Waals surface area contributed by atoms with Crippen LogP contribution >= 0.6 is 0 Å². The van der Waals surface area contributed by atoms with E-state index in [2.05, 4.69) is 20.8 Å². The van der Waals surface area contributed by atoms with Crippen molar-refractivity contribution in [1.82, 2.24) is 0 Å². The molecule has 9 atom stereocenters. The highest BCUT2D eigenvalue weighted by atomic mass is 17.4. The van der Waals surface area contributed by atoms with Crippen molar-refractivity contribution in [1.29, 1.82) is 0 Å². The second-order valence-electron chi connectivity index (χ2n) is 14.9. The molecule has 1 N–H and O–H groups in total. The summed E-state index contributed by atoms with van der Waals surface area (Å²) >= 11 is 0. The predicted molar refractivity (Wildman–Crippen MR) is 145 cm³/mol. The fraction of sp³-hybridized carbons (Fsp3) is 0.938. The number of rotatable bonds is 5. The topological polar surface area (TPSA) is 101 Å². The maximum absolute atomic E-state index is 12.4. The van der Waals surface area contributed by atoms with Crippen LogP contribution in [0.25, 0.3) is 0 Å². The third-order valence-corrected chi connectivity index (χ3v) is 12.9. The number of carboxylic acids is 1. The Balaban J connectivity index is 1.20. The zero-order valence-corrected chi connectivity index (χ0v) is 25.0. The first-order valence-electron chi connectivity index (χ1n) is 16.1. The van der Waals surface area contributed by atoms with Gasteiger partial charge < -0.3 is 9.84 Å². The molecule has 8 nitrogen and oxygen atoms in total. The Labute approximate surface area is 239 Å². The number of carbonyl (C=O) groups excluding carboxylic acids is 1. The highest BCUT2D eigenvalue weighted by Gasteiger charge is 2.66. The number of ether oxygens (including phenoxy) is 1. The van der Waals surface area contributed by atoms with Gasteiger partial charge in [0.2, 0.25) is 11.6 Å². The van der Waals surface area contributed by atoms with Gasteiger partial charge in [0.05, 0.1) is 0 Å². The smallest absolute Gasteiger partial charge is 0.303 e. The summed E-state index contributed by atoms with van der Waals surface area (Å²) in [6.45, 7) is 8.57. The molecule has 5 aliphatic carbocycles. The molecule has 0 aromatic heterocycles. The average Bonchev–Trinajstić information content (AvgIpc) is 3.29. The first-order valence-corrected chi connectivity index (χ1v) is 16.1. The molecule has 0 aromatic rings. The Morgan fingerprint density at radius 3 is 2.27 bits per heavy atom. The van der Waals surface area contributed by atoms with Crippen LogP contribution in [-0.4, -0.2) is 34.7 Å². The summed E-state index contributed by atoms with van der Waals surface area (Å²) in [7, 11) is 0. The summed E-state index contributed by atoms with van der Waals surface area (Å²) in [5, 5.41) is 9.32. The zero-order chi connectivity index (χ0) is 28.3. The van der Waals surface area contributed by atoms with Gasteiger partial charge in [0, 0.05) is 44.4 Å². The fourth-order valence-electron chi connectivity index (χ4n) is 10.8. The molecule has 0 bridgehead atoms. The minimum Gasteiger partial charge on any atom is -0.481 e. The van der Waals surface area contributed by atoms with Crippen molar-refractivity contribution in [2.24, 2.45) is 46.3 Å². The van der Waals surface area contributed by atoms with Gasteiger partial charge in [-0.05, 0) is 98.7 Å². The summed E-state index contributed by atoms with van der Waals surface area (Å²) < 4.78 is 6.22. The van der Waals surface area contributed by atoms with E-state index in [1.165, 1.54) is 13.3 Å². The Morgan fingerprint density at radius 1 is 0.900 bits per heavy atom. The summed E-state index contributed by atoms with van der Waals surface area (Å²) in [4.78, 5) is 47.9. The molecule has 0 aromatic carbocycles. The SMILES string of the molecule is CC(=O)O[C@H]1C[C@H]2[C@@H](CC[C@@H]3CC4(CC[C@@]32C)OOC2(CCCCC2)OO4)[C@@H]2CC[C@H]([C@H](C)CCC(=O)O)[C@@]12C. The van der Waals surface area contributed by atoms with Crippen LogP contribution in [0.15, 0.2) is 0 Å². The lowest BCUT2D eigenvalue weighted by molar-refractivity contribution is -0.665. The zero-order valence-electron chi connectivity index (χ0n) is 25.0. The molecule has 1 heterocycles. The van der Waals surface area contributed by atoms with Gasteiger partial charge in [-0.1, -0.05) is 27.2 Å².